The van der Waals surface area contributed by atoms with Gasteiger partial charge in [-0.2, -0.15) is 0 Å². The molecule has 0 aromatic heterocycles. The molecule has 0 radical (unpaired) electrons. The first-order valence-corrected chi connectivity index (χ1v) is 8.17. The summed E-state index contributed by atoms with van der Waals surface area (Å²) in [5.74, 6) is 2.06. The molecular weight excluding hydrogens is 268 g/mol. The number of esters is 1. The van der Waals surface area contributed by atoms with E-state index in [4.69, 9.17) is 4.74 Å². The molecule has 0 saturated heterocycles. The molecular formula is C13H16O3S2. The maximum absolute atomic E-state index is 11.5. The van der Waals surface area contributed by atoms with Crippen molar-refractivity contribution in [2.75, 3.05) is 11.5 Å². The van der Waals surface area contributed by atoms with Crippen LogP contribution in [0.3, 0.4) is 0 Å². The number of ketones is 1. The minimum Gasteiger partial charge on any atom is -0.427 e. The number of rotatable bonds is 8. The van der Waals surface area contributed by atoms with Crippen molar-refractivity contribution in [1.82, 2.24) is 0 Å². The zero-order valence-corrected chi connectivity index (χ0v) is 11.9. The van der Waals surface area contributed by atoms with Gasteiger partial charge in [0.2, 0.25) is 0 Å². The summed E-state index contributed by atoms with van der Waals surface area (Å²) in [7, 11) is 3.22. The van der Waals surface area contributed by atoms with E-state index in [0.717, 1.165) is 5.75 Å². The Labute approximate surface area is 115 Å². The molecule has 0 unspecified atom stereocenters. The Hall–Kier alpha value is -0.940. The minimum atomic E-state index is -0.221. The van der Waals surface area contributed by atoms with Crippen molar-refractivity contribution in [3.05, 3.63) is 30.3 Å². The average molecular weight is 284 g/mol. The molecule has 0 saturated carbocycles. The summed E-state index contributed by atoms with van der Waals surface area (Å²) in [4.78, 5) is 22.1. The van der Waals surface area contributed by atoms with Gasteiger partial charge in [-0.15, -0.1) is 0 Å². The van der Waals surface area contributed by atoms with Crippen LogP contribution in [0, 0.1) is 0 Å². The van der Waals surface area contributed by atoms with Gasteiger partial charge in [0, 0.05) is 17.9 Å². The maximum Gasteiger partial charge on any atom is 0.312 e. The average Bonchev–Trinajstić information content (AvgIpc) is 2.34. The third-order valence-electron chi connectivity index (χ3n) is 1.99. The fourth-order valence-corrected chi connectivity index (χ4v) is 3.16. The lowest BCUT2D eigenvalue weighted by molar-refractivity contribution is -0.133. The predicted molar refractivity (Wildman–Crippen MR) is 76.9 cm³/mol. The highest BCUT2D eigenvalue weighted by Gasteiger charge is 2.04. The molecule has 3 nitrogen and oxygen atoms in total. The Morgan fingerprint density at radius 3 is 2.28 bits per heavy atom. The quantitative estimate of drug-likeness (QED) is 0.317. The van der Waals surface area contributed by atoms with Gasteiger partial charge in [0.05, 0.1) is 6.42 Å². The van der Waals surface area contributed by atoms with E-state index < -0.39 is 0 Å². The van der Waals surface area contributed by atoms with Crippen LogP contribution in [0.2, 0.25) is 0 Å². The van der Waals surface area contributed by atoms with E-state index in [1.807, 2.05) is 18.2 Å². The van der Waals surface area contributed by atoms with E-state index in [-0.39, 0.29) is 11.8 Å². The Morgan fingerprint density at radius 1 is 1.06 bits per heavy atom. The third kappa shape index (κ3) is 7.40. The van der Waals surface area contributed by atoms with Gasteiger partial charge in [-0.3, -0.25) is 9.59 Å². The Morgan fingerprint density at radius 2 is 1.67 bits per heavy atom. The van der Waals surface area contributed by atoms with Gasteiger partial charge < -0.3 is 4.74 Å². The van der Waals surface area contributed by atoms with Crippen LogP contribution >= 0.6 is 21.6 Å². The first-order chi connectivity index (χ1) is 8.68. The molecule has 0 spiro atoms. The molecule has 0 fully saturated rings. The van der Waals surface area contributed by atoms with Crippen LogP contribution in [-0.2, 0) is 9.59 Å². The highest BCUT2D eigenvalue weighted by atomic mass is 33.1. The van der Waals surface area contributed by atoms with E-state index in [1.165, 1.54) is 0 Å². The smallest absolute Gasteiger partial charge is 0.312 e. The van der Waals surface area contributed by atoms with Gasteiger partial charge in [-0.1, -0.05) is 39.8 Å². The van der Waals surface area contributed by atoms with Gasteiger partial charge in [0.15, 0.2) is 0 Å². The lowest BCUT2D eigenvalue weighted by Crippen LogP contribution is -2.08. The molecule has 0 atom stereocenters. The standard InChI is InChI=1S/C13H16O3S2/c1-11(14)7-9-17-18-10-8-13(15)16-12-5-3-2-4-6-12/h2-6H,7-10H2,1H3. The third-order valence-corrected chi connectivity index (χ3v) is 4.39. The molecule has 0 aliphatic carbocycles. The molecule has 0 aliphatic heterocycles. The summed E-state index contributed by atoms with van der Waals surface area (Å²) in [6.07, 6.45) is 0.971. The number of Topliss-reactive ketones (excluding diaryl/α,β-unsaturated/α-hetero) is 1. The van der Waals surface area contributed by atoms with Gasteiger partial charge in [0.1, 0.15) is 11.5 Å². The fourth-order valence-electron chi connectivity index (χ4n) is 1.10. The van der Waals surface area contributed by atoms with Crippen LogP contribution in [0.5, 0.6) is 5.75 Å². The van der Waals surface area contributed by atoms with E-state index in [1.54, 1.807) is 40.6 Å². The molecule has 0 aliphatic rings. The summed E-state index contributed by atoms with van der Waals surface area (Å²) >= 11 is 0. The fraction of sp³-hybridized carbons (Fsp3) is 0.385. The molecule has 1 aromatic rings. The lowest BCUT2D eigenvalue weighted by atomic mass is 10.3. The molecule has 0 bridgehead atoms. The summed E-state index contributed by atoms with van der Waals surface area (Å²) in [6, 6.07) is 9.04. The molecule has 1 rings (SSSR count). The number of ether oxygens (including phenoxy) is 1. The van der Waals surface area contributed by atoms with Crippen molar-refractivity contribution in [2.45, 2.75) is 19.8 Å². The first kappa shape index (κ1) is 15.1. The number of hydrogen-bond acceptors (Lipinski definition) is 5. The van der Waals surface area contributed by atoms with Gasteiger partial charge in [0.25, 0.3) is 0 Å². The Bertz CT molecular complexity index is 379. The molecule has 18 heavy (non-hydrogen) atoms. The van der Waals surface area contributed by atoms with Gasteiger partial charge >= 0.3 is 5.97 Å². The number of hydrogen-bond donors (Lipinski definition) is 0. The number of benzene rings is 1. The summed E-state index contributed by atoms with van der Waals surface area (Å²) < 4.78 is 5.14. The SMILES string of the molecule is CC(=O)CCSSCCC(=O)Oc1ccccc1. The minimum absolute atomic E-state index is 0.201. The summed E-state index contributed by atoms with van der Waals surface area (Å²) in [5.41, 5.74) is 0. The Kier molecular flexibility index (Phi) is 7.60. The normalized spacial score (nSPS) is 10.1. The summed E-state index contributed by atoms with van der Waals surface area (Å²) in [5, 5.41) is 0. The highest BCUT2D eigenvalue weighted by Crippen LogP contribution is 2.23. The first-order valence-electron chi connectivity index (χ1n) is 5.68. The zero-order chi connectivity index (χ0) is 13.2. The van der Waals surface area contributed by atoms with Crippen LogP contribution in [-0.4, -0.2) is 23.3 Å². The Balaban J connectivity index is 2.05. The van der Waals surface area contributed by atoms with Crippen LogP contribution < -0.4 is 4.74 Å². The molecule has 5 heteroatoms. The highest BCUT2D eigenvalue weighted by molar-refractivity contribution is 8.76. The van der Waals surface area contributed by atoms with Gasteiger partial charge in [-0.05, 0) is 19.1 Å². The topological polar surface area (TPSA) is 43.4 Å². The van der Waals surface area contributed by atoms with Gasteiger partial charge in [-0.25, -0.2) is 0 Å². The molecule has 0 heterocycles. The van der Waals surface area contributed by atoms with Crippen molar-refractivity contribution < 1.29 is 14.3 Å². The second kappa shape index (κ2) is 9.05. The monoisotopic (exact) mass is 284 g/mol. The van der Waals surface area contributed by atoms with Crippen molar-refractivity contribution in [2.24, 2.45) is 0 Å². The molecule has 0 amide bonds. The zero-order valence-electron chi connectivity index (χ0n) is 10.3. The largest absolute Gasteiger partial charge is 0.427 e. The predicted octanol–water partition coefficient (Wildman–Crippen LogP) is 3.34. The molecule has 98 valence electrons. The van der Waals surface area contributed by atoms with E-state index in [2.05, 4.69) is 0 Å². The van der Waals surface area contributed by atoms with E-state index in [0.29, 0.717) is 24.3 Å². The van der Waals surface area contributed by atoms with Crippen LogP contribution in [0.15, 0.2) is 30.3 Å². The lowest BCUT2D eigenvalue weighted by Gasteiger charge is -2.03. The van der Waals surface area contributed by atoms with E-state index >= 15 is 0 Å². The second-order valence-electron chi connectivity index (χ2n) is 3.63. The van der Waals surface area contributed by atoms with Crippen LogP contribution in [0.4, 0.5) is 0 Å². The number of carbonyl (C=O) groups excluding carboxylic acids is 2. The second-order valence-corrected chi connectivity index (χ2v) is 6.34. The molecule has 0 N–H and O–H groups in total. The van der Waals surface area contributed by atoms with Crippen molar-refractivity contribution >= 4 is 33.3 Å². The maximum atomic E-state index is 11.5. The van der Waals surface area contributed by atoms with Crippen LogP contribution in [0.25, 0.3) is 0 Å². The van der Waals surface area contributed by atoms with E-state index in [9.17, 15) is 9.59 Å². The molecule has 1 aromatic carbocycles. The number of carbonyl (C=O) groups is 2. The van der Waals surface area contributed by atoms with Crippen molar-refractivity contribution in [3.63, 3.8) is 0 Å². The van der Waals surface area contributed by atoms with Crippen LogP contribution in [0.1, 0.15) is 19.8 Å². The number of para-hydroxylation sites is 1. The van der Waals surface area contributed by atoms with Crippen molar-refractivity contribution in [3.8, 4) is 5.75 Å². The summed E-state index contributed by atoms with van der Waals surface area (Å²) in [6.45, 7) is 1.59. The van der Waals surface area contributed by atoms with Crippen molar-refractivity contribution in [1.29, 1.82) is 0 Å².